The first kappa shape index (κ1) is 13.9. The quantitative estimate of drug-likeness (QED) is 0.734. The molecule has 2 amide bonds. The van der Waals surface area contributed by atoms with Crippen molar-refractivity contribution in [2.24, 2.45) is 0 Å². The fourth-order valence-corrected chi connectivity index (χ4v) is 1.35. The third-order valence-electron chi connectivity index (χ3n) is 1.97. The molecule has 1 aromatic rings. The van der Waals surface area contributed by atoms with E-state index in [4.69, 9.17) is 16.7 Å². The molecule has 0 aliphatic heterocycles. The Balaban J connectivity index is 2.72. The molecule has 0 aliphatic rings. The van der Waals surface area contributed by atoms with E-state index in [0.29, 0.717) is 5.69 Å². The Morgan fingerprint density at radius 2 is 2.17 bits per heavy atom. The maximum Gasteiger partial charge on any atom is 0.337 e. The van der Waals surface area contributed by atoms with Gasteiger partial charge in [-0.1, -0.05) is 17.5 Å². The lowest BCUT2D eigenvalue weighted by Crippen LogP contribution is -2.28. The summed E-state index contributed by atoms with van der Waals surface area (Å²) in [5.74, 6) is 4.15. The first-order valence-electron chi connectivity index (χ1n) is 5.02. The van der Waals surface area contributed by atoms with Crippen LogP contribution in [0, 0.1) is 11.8 Å². The highest BCUT2D eigenvalue weighted by Crippen LogP contribution is 2.20. The van der Waals surface area contributed by atoms with E-state index >= 15 is 0 Å². The summed E-state index contributed by atoms with van der Waals surface area (Å²) in [4.78, 5) is 22.2. The molecule has 0 unspecified atom stereocenters. The largest absolute Gasteiger partial charge is 0.478 e. The number of carboxylic acid groups (broad SMARTS) is 1. The van der Waals surface area contributed by atoms with Crippen LogP contribution in [0.4, 0.5) is 10.5 Å². The van der Waals surface area contributed by atoms with Crippen molar-refractivity contribution in [1.29, 1.82) is 0 Å². The molecule has 1 rings (SSSR count). The first-order chi connectivity index (χ1) is 8.54. The maximum atomic E-state index is 11.4. The van der Waals surface area contributed by atoms with Gasteiger partial charge in [-0.05, 0) is 25.1 Å². The van der Waals surface area contributed by atoms with Gasteiger partial charge in [-0.15, -0.1) is 5.92 Å². The number of halogens is 1. The van der Waals surface area contributed by atoms with Crippen LogP contribution in [0.3, 0.4) is 0 Å². The highest BCUT2D eigenvalue weighted by Gasteiger charge is 2.10. The van der Waals surface area contributed by atoms with Gasteiger partial charge < -0.3 is 15.7 Å². The second kappa shape index (κ2) is 6.52. The summed E-state index contributed by atoms with van der Waals surface area (Å²) in [6.07, 6.45) is 0. The zero-order valence-electron chi connectivity index (χ0n) is 9.58. The third kappa shape index (κ3) is 4.00. The van der Waals surface area contributed by atoms with Crippen LogP contribution in [-0.2, 0) is 0 Å². The molecule has 18 heavy (non-hydrogen) atoms. The minimum Gasteiger partial charge on any atom is -0.478 e. The monoisotopic (exact) mass is 266 g/mol. The summed E-state index contributed by atoms with van der Waals surface area (Å²) in [6.45, 7) is 1.89. The van der Waals surface area contributed by atoms with Crippen LogP contribution < -0.4 is 10.6 Å². The number of nitrogens with one attached hydrogen (secondary N) is 2. The number of carboxylic acids is 1. The second-order valence-electron chi connectivity index (χ2n) is 3.23. The summed E-state index contributed by atoms with van der Waals surface area (Å²) in [7, 11) is 0. The molecule has 0 aliphatic carbocycles. The predicted molar refractivity (Wildman–Crippen MR) is 68.9 cm³/mol. The molecule has 0 atom stereocenters. The van der Waals surface area contributed by atoms with E-state index in [0.717, 1.165) is 0 Å². The Labute approximate surface area is 109 Å². The molecule has 0 aromatic heterocycles. The molecule has 0 radical (unpaired) electrons. The van der Waals surface area contributed by atoms with Crippen LogP contribution in [0.25, 0.3) is 0 Å². The molecule has 5 nitrogen and oxygen atoms in total. The van der Waals surface area contributed by atoms with E-state index in [1.807, 2.05) is 0 Å². The summed E-state index contributed by atoms with van der Waals surface area (Å²) in [5.41, 5.74) is 0.279. The van der Waals surface area contributed by atoms with Crippen LogP contribution in [0.5, 0.6) is 0 Å². The average Bonchev–Trinajstić information content (AvgIpc) is 2.31. The number of amides is 2. The lowest BCUT2D eigenvalue weighted by molar-refractivity contribution is 0.0697. The van der Waals surface area contributed by atoms with E-state index in [-0.39, 0.29) is 17.1 Å². The Morgan fingerprint density at radius 1 is 1.44 bits per heavy atom. The van der Waals surface area contributed by atoms with Crippen molar-refractivity contribution in [1.82, 2.24) is 5.32 Å². The maximum absolute atomic E-state index is 11.4. The molecule has 0 bridgehead atoms. The van der Waals surface area contributed by atoms with Crippen molar-refractivity contribution in [2.45, 2.75) is 6.92 Å². The van der Waals surface area contributed by atoms with Crippen molar-refractivity contribution < 1.29 is 14.7 Å². The molecule has 0 saturated heterocycles. The van der Waals surface area contributed by atoms with E-state index in [2.05, 4.69) is 22.5 Å². The van der Waals surface area contributed by atoms with Gasteiger partial charge in [0, 0.05) is 5.69 Å². The fourth-order valence-electron chi connectivity index (χ4n) is 1.16. The summed E-state index contributed by atoms with van der Waals surface area (Å²) < 4.78 is 0. The summed E-state index contributed by atoms with van der Waals surface area (Å²) >= 11 is 5.70. The summed E-state index contributed by atoms with van der Waals surface area (Å²) in [6, 6.07) is 3.75. The molecule has 94 valence electrons. The van der Waals surface area contributed by atoms with Crippen LogP contribution >= 0.6 is 11.6 Å². The number of hydrogen-bond acceptors (Lipinski definition) is 2. The van der Waals surface area contributed by atoms with Gasteiger partial charge >= 0.3 is 12.0 Å². The van der Waals surface area contributed by atoms with Crippen molar-refractivity contribution in [3.8, 4) is 11.8 Å². The standard InChI is InChI=1S/C12H11ClN2O3/c1-2-3-6-14-12(18)15-8-4-5-10(13)9(7-8)11(16)17/h4-5,7H,6H2,1H3,(H,16,17)(H2,14,15,18). The number of aromatic carboxylic acids is 1. The molecule has 1 aromatic carbocycles. The highest BCUT2D eigenvalue weighted by molar-refractivity contribution is 6.33. The van der Waals surface area contributed by atoms with Gasteiger partial charge in [-0.2, -0.15) is 0 Å². The molecule has 0 saturated carbocycles. The first-order valence-corrected chi connectivity index (χ1v) is 5.39. The number of rotatable bonds is 3. The number of anilines is 1. The van der Waals surface area contributed by atoms with E-state index in [1.54, 1.807) is 6.92 Å². The van der Waals surface area contributed by atoms with Gasteiger partial charge in [0.1, 0.15) is 0 Å². The second-order valence-corrected chi connectivity index (χ2v) is 3.64. The van der Waals surface area contributed by atoms with E-state index in [9.17, 15) is 9.59 Å². The Morgan fingerprint density at radius 3 is 2.78 bits per heavy atom. The topological polar surface area (TPSA) is 78.4 Å². The number of benzene rings is 1. The van der Waals surface area contributed by atoms with Crippen LogP contribution in [0.1, 0.15) is 17.3 Å². The Bertz CT molecular complexity index is 532. The molecule has 0 heterocycles. The van der Waals surface area contributed by atoms with Crippen molar-refractivity contribution in [2.75, 3.05) is 11.9 Å². The van der Waals surface area contributed by atoms with Crippen LogP contribution in [0.2, 0.25) is 5.02 Å². The zero-order valence-corrected chi connectivity index (χ0v) is 10.3. The molecular weight excluding hydrogens is 256 g/mol. The third-order valence-corrected chi connectivity index (χ3v) is 2.30. The SMILES string of the molecule is CC#CCNC(=O)Nc1ccc(Cl)c(C(=O)O)c1. The highest BCUT2D eigenvalue weighted by atomic mass is 35.5. The number of carbonyl (C=O) groups excluding carboxylic acids is 1. The molecule has 0 spiro atoms. The van der Waals surface area contributed by atoms with Gasteiger partial charge in [0.2, 0.25) is 0 Å². The molecule has 6 heteroatoms. The minimum atomic E-state index is -1.15. The fraction of sp³-hybridized carbons (Fsp3) is 0.167. The number of urea groups is 1. The van der Waals surface area contributed by atoms with E-state index < -0.39 is 12.0 Å². The minimum absolute atomic E-state index is 0.0668. The number of hydrogen-bond donors (Lipinski definition) is 3. The van der Waals surface area contributed by atoms with Gasteiger partial charge in [0.05, 0.1) is 17.1 Å². The van der Waals surface area contributed by atoms with Crippen LogP contribution in [-0.4, -0.2) is 23.7 Å². The van der Waals surface area contributed by atoms with Crippen molar-refractivity contribution in [3.05, 3.63) is 28.8 Å². The summed E-state index contributed by atoms with van der Waals surface area (Å²) in [5, 5.41) is 14.0. The van der Waals surface area contributed by atoms with Crippen molar-refractivity contribution >= 4 is 29.3 Å². The Kier molecular flexibility index (Phi) is 5.03. The number of carbonyl (C=O) groups is 2. The molecular formula is C12H11ClN2O3. The Hall–Kier alpha value is -2.19. The molecule has 0 fully saturated rings. The lowest BCUT2D eigenvalue weighted by atomic mass is 10.2. The lowest BCUT2D eigenvalue weighted by Gasteiger charge is -2.07. The van der Waals surface area contributed by atoms with E-state index in [1.165, 1.54) is 18.2 Å². The zero-order chi connectivity index (χ0) is 13.5. The normalized spacial score (nSPS) is 9.00. The van der Waals surface area contributed by atoms with Gasteiger partial charge in [0.15, 0.2) is 0 Å². The van der Waals surface area contributed by atoms with Crippen LogP contribution in [0.15, 0.2) is 18.2 Å². The van der Waals surface area contributed by atoms with Gasteiger partial charge in [-0.3, -0.25) is 0 Å². The predicted octanol–water partition coefficient (Wildman–Crippen LogP) is 2.18. The molecule has 3 N–H and O–H groups in total. The van der Waals surface area contributed by atoms with Gasteiger partial charge in [-0.25, -0.2) is 9.59 Å². The average molecular weight is 267 g/mol. The smallest absolute Gasteiger partial charge is 0.337 e. The van der Waals surface area contributed by atoms with Gasteiger partial charge in [0.25, 0.3) is 0 Å². The van der Waals surface area contributed by atoms with Crippen molar-refractivity contribution in [3.63, 3.8) is 0 Å².